The van der Waals surface area contributed by atoms with Crippen LogP contribution < -0.4 is 5.43 Å². The minimum atomic E-state index is -0.761. The molecule has 118 valence electrons. The maximum Gasteiger partial charge on any atom is 0.329 e. The lowest BCUT2D eigenvalue weighted by molar-refractivity contribution is -0.145. The molecule has 2 aromatic carbocycles. The van der Waals surface area contributed by atoms with Gasteiger partial charge in [-0.1, -0.05) is 30.3 Å². The van der Waals surface area contributed by atoms with Crippen molar-refractivity contribution < 1.29 is 14.7 Å². The van der Waals surface area contributed by atoms with E-state index in [9.17, 15) is 14.7 Å². The van der Waals surface area contributed by atoms with Gasteiger partial charge in [-0.2, -0.15) is 5.10 Å². The Hall–Kier alpha value is -2.89. The molecule has 0 bridgehead atoms. The van der Waals surface area contributed by atoms with Crippen LogP contribution in [0.2, 0.25) is 0 Å². The van der Waals surface area contributed by atoms with Gasteiger partial charge in [0.25, 0.3) is 0 Å². The number of phenols is 1. The number of likely N-dealkylation sites (tertiary alicyclic amines) is 1. The smallest absolute Gasteiger partial charge is 0.329 e. The van der Waals surface area contributed by atoms with Gasteiger partial charge in [0, 0.05) is 18.7 Å². The third kappa shape index (κ3) is 3.15. The summed E-state index contributed by atoms with van der Waals surface area (Å²) in [4.78, 5) is 25.2. The Kier molecular flexibility index (Phi) is 4.23. The van der Waals surface area contributed by atoms with E-state index in [0.29, 0.717) is 18.7 Å². The average Bonchev–Trinajstić information content (AvgIpc) is 3.10. The number of phenolic OH excluding ortho intramolecular Hbond substituents is 1. The summed E-state index contributed by atoms with van der Waals surface area (Å²) in [5, 5.41) is 15.6. The predicted molar refractivity (Wildman–Crippen MR) is 87.2 cm³/mol. The molecular weight excluding hydrogens is 294 g/mol. The van der Waals surface area contributed by atoms with Gasteiger partial charge in [-0.25, -0.2) is 5.43 Å². The summed E-state index contributed by atoms with van der Waals surface area (Å²) in [5.74, 6) is -1.27. The molecule has 0 aliphatic carbocycles. The Bertz CT molecular complexity index is 780. The fourth-order valence-corrected chi connectivity index (χ4v) is 2.69. The molecule has 0 aromatic heterocycles. The molecule has 3 rings (SSSR count). The molecule has 1 aliphatic rings. The fourth-order valence-electron chi connectivity index (χ4n) is 2.69. The van der Waals surface area contributed by atoms with Gasteiger partial charge in [-0.05, 0) is 29.7 Å². The Morgan fingerprint density at radius 3 is 2.65 bits per heavy atom. The molecule has 0 radical (unpaired) electrons. The Balaban J connectivity index is 1.74. The first-order valence-electron chi connectivity index (χ1n) is 7.50. The number of nitrogens with one attached hydrogen (secondary N) is 1. The zero-order chi connectivity index (χ0) is 16.2. The molecule has 2 amide bonds. The van der Waals surface area contributed by atoms with E-state index in [1.807, 2.05) is 24.3 Å². The predicted octanol–water partition coefficient (Wildman–Crippen LogP) is 1.62. The van der Waals surface area contributed by atoms with E-state index in [4.69, 9.17) is 0 Å². The standard InChI is InChI=1S/C17H17N3O3/c21-15-8-7-12-5-1-2-6-13(12)14(15)11-18-19-16(22)17(23)20-9-3-4-10-20/h1-2,5-8,11,21H,3-4,9-10H2,(H,19,22)/b18-11-. The highest BCUT2D eigenvalue weighted by Crippen LogP contribution is 2.25. The van der Waals surface area contributed by atoms with Gasteiger partial charge >= 0.3 is 11.8 Å². The SMILES string of the molecule is O=C(N/N=C\c1c(O)ccc2ccccc12)C(=O)N1CCCC1. The molecular formula is C17H17N3O3. The van der Waals surface area contributed by atoms with Gasteiger partial charge in [0.2, 0.25) is 0 Å². The monoisotopic (exact) mass is 311 g/mol. The summed E-state index contributed by atoms with van der Waals surface area (Å²) in [7, 11) is 0. The maximum absolute atomic E-state index is 11.9. The van der Waals surface area contributed by atoms with E-state index in [2.05, 4.69) is 10.5 Å². The van der Waals surface area contributed by atoms with Crippen LogP contribution in [0.3, 0.4) is 0 Å². The van der Waals surface area contributed by atoms with Gasteiger partial charge in [0.15, 0.2) is 0 Å². The number of benzene rings is 2. The zero-order valence-corrected chi connectivity index (χ0v) is 12.5. The Morgan fingerprint density at radius 2 is 1.87 bits per heavy atom. The van der Waals surface area contributed by atoms with Crippen molar-refractivity contribution in [3.63, 3.8) is 0 Å². The Morgan fingerprint density at radius 1 is 1.13 bits per heavy atom. The van der Waals surface area contributed by atoms with Crippen molar-refractivity contribution in [3.8, 4) is 5.75 Å². The largest absolute Gasteiger partial charge is 0.507 e. The molecule has 1 heterocycles. The second-order valence-electron chi connectivity index (χ2n) is 5.42. The average molecular weight is 311 g/mol. The highest BCUT2D eigenvalue weighted by molar-refractivity contribution is 6.35. The number of carbonyl (C=O) groups is 2. The Labute approximate surface area is 133 Å². The number of fused-ring (bicyclic) bond motifs is 1. The lowest BCUT2D eigenvalue weighted by Crippen LogP contribution is -2.39. The number of rotatable bonds is 2. The van der Waals surface area contributed by atoms with Gasteiger partial charge < -0.3 is 10.0 Å². The van der Waals surface area contributed by atoms with E-state index < -0.39 is 11.8 Å². The molecule has 1 saturated heterocycles. The van der Waals surface area contributed by atoms with Crippen LogP contribution in [0, 0.1) is 0 Å². The zero-order valence-electron chi connectivity index (χ0n) is 12.5. The third-order valence-electron chi connectivity index (χ3n) is 3.89. The number of nitrogens with zero attached hydrogens (tertiary/aromatic N) is 2. The highest BCUT2D eigenvalue weighted by atomic mass is 16.3. The minimum absolute atomic E-state index is 0.0626. The third-order valence-corrected chi connectivity index (χ3v) is 3.89. The van der Waals surface area contributed by atoms with E-state index in [1.54, 1.807) is 12.1 Å². The summed E-state index contributed by atoms with van der Waals surface area (Å²) in [6.07, 6.45) is 3.20. The van der Waals surface area contributed by atoms with Gasteiger partial charge in [0.1, 0.15) is 5.75 Å². The van der Waals surface area contributed by atoms with Crippen LogP contribution in [0.15, 0.2) is 41.5 Å². The van der Waals surface area contributed by atoms with Crippen molar-refractivity contribution >= 4 is 28.8 Å². The van der Waals surface area contributed by atoms with Crippen LogP contribution in [-0.2, 0) is 9.59 Å². The number of hydrazone groups is 1. The van der Waals surface area contributed by atoms with Crippen LogP contribution in [0.25, 0.3) is 10.8 Å². The van der Waals surface area contributed by atoms with Crippen LogP contribution in [-0.4, -0.2) is 41.1 Å². The van der Waals surface area contributed by atoms with E-state index in [-0.39, 0.29) is 5.75 Å². The first kappa shape index (κ1) is 15.0. The number of amides is 2. The number of hydrogen-bond donors (Lipinski definition) is 2. The highest BCUT2D eigenvalue weighted by Gasteiger charge is 2.23. The molecule has 6 heteroatoms. The van der Waals surface area contributed by atoms with Gasteiger partial charge in [-0.3, -0.25) is 9.59 Å². The fraction of sp³-hybridized carbons (Fsp3) is 0.235. The van der Waals surface area contributed by atoms with E-state index >= 15 is 0 Å². The first-order valence-corrected chi connectivity index (χ1v) is 7.50. The second-order valence-corrected chi connectivity index (χ2v) is 5.42. The lowest BCUT2D eigenvalue weighted by Gasteiger charge is -2.12. The number of hydrogen-bond acceptors (Lipinski definition) is 4. The summed E-state index contributed by atoms with van der Waals surface area (Å²) >= 11 is 0. The molecule has 0 unspecified atom stereocenters. The van der Waals surface area contributed by atoms with Crippen molar-refractivity contribution in [2.75, 3.05) is 13.1 Å². The van der Waals surface area contributed by atoms with Crippen molar-refractivity contribution in [1.82, 2.24) is 10.3 Å². The van der Waals surface area contributed by atoms with Crippen LogP contribution in [0.5, 0.6) is 5.75 Å². The molecule has 6 nitrogen and oxygen atoms in total. The van der Waals surface area contributed by atoms with E-state index in [0.717, 1.165) is 23.6 Å². The molecule has 2 aromatic rings. The van der Waals surface area contributed by atoms with Crippen molar-refractivity contribution in [2.24, 2.45) is 5.10 Å². The molecule has 0 spiro atoms. The van der Waals surface area contributed by atoms with Crippen molar-refractivity contribution in [1.29, 1.82) is 0 Å². The van der Waals surface area contributed by atoms with Gasteiger partial charge in [0.05, 0.1) is 6.21 Å². The molecule has 1 aliphatic heterocycles. The van der Waals surface area contributed by atoms with Crippen LogP contribution >= 0.6 is 0 Å². The number of aromatic hydroxyl groups is 1. The molecule has 2 N–H and O–H groups in total. The van der Waals surface area contributed by atoms with E-state index in [1.165, 1.54) is 11.1 Å². The summed E-state index contributed by atoms with van der Waals surface area (Å²) < 4.78 is 0. The van der Waals surface area contributed by atoms with Crippen LogP contribution in [0.1, 0.15) is 18.4 Å². The molecule has 23 heavy (non-hydrogen) atoms. The molecule has 1 fully saturated rings. The molecule has 0 atom stereocenters. The maximum atomic E-state index is 11.9. The quantitative estimate of drug-likeness (QED) is 0.502. The van der Waals surface area contributed by atoms with Gasteiger partial charge in [-0.15, -0.1) is 0 Å². The van der Waals surface area contributed by atoms with Crippen molar-refractivity contribution in [3.05, 3.63) is 42.0 Å². The summed E-state index contributed by atoms with van der Waals surface area (Å²) in [6, 6.07) is 10.9. The normalized spacial score (nSPS) is 14.5. The second kappa shape index (κ2) is 6.48. The first-order chi connectivity index (χ1) is 11.2. The lowest BCUT2D eigenvalue weighted by atomic mass is 10.0. The minimum Gasteiger partial charge on any atom is -0.507 e. The topological polar surface area (TPSA) is 82.0 Å². The number of carbonyl (C=O) groups excluding carboxylic acids is 2. The molecule has 0 saturated carbocycles. The van der Waals surface area contributed by atoms with Crippen LogP contribution in [0.4, 0.5) is 0 Å². The summed E-state index contributed by atoms with van der Waals surface area (Å²) in [5.41, 5.74) is 2.73. The summed E-state index contributed by atoms with van der Waals surface area (Å²) in [6.45, 7) is 1.22. The van der Waals surface area contributed by atoms with Crippen molar-refractivity contribution in [2.45, 2.75) is 12.8 Å².